The second-order valence-corrected chi connectivity index (χ2v) is 7.82. The number of benzene rings is 2. The number of anilines is 1. The van der Waals surface area contributed by atoms with Crippen LogP contribution in [0.1, 0.15) is 24.6 Å². The Morgan fingerprint density at radius 2 is 1.93 bits per heavy atom. The Bertz CT molecular complexity index is 1110. The summed E-state index contributed by atoms with van der Waals surface area (Å²) in [6.45, 7) is 1.81. The normalized spacial score (nSPS) is 15.6. The lowest BCUT2D eigenvalue weighted by Crippen LogP contribution is -2.33. The molecule has 136 valence electrons. The molecule has 8 heteroatoms. The first kappa shape index (κ1) is 16.2. The lowest BCUT2D eigenvalue weighted by atomic mass is 9.96. The maximum atomic E-state index is 11.0. The molecule has 1 aliphatic rings. The van der Waals surface area contributed by atoms with E-state index in [0.717, 1.165) is 58.1 Å². The summed E-state index contributed by atoms with van der Waals surface area (Å²) in [5.41, 5.74) is 3.03. The van der Waals surface area contributed by atoms with Gasteiger partial charge in [-0.1, -0.05) is 23.5 Å². The molecule has 5 rings (SSSR count). The van der Waals surface area contributed by atoms with Gasteiger partial charge in [-0.25, -0.2) is 9.97 Å². The molecule has 1 N–H and O–H groups in total. The van der Waals surface area contributed by atoms with Crippen molar-refractivity contribution in [2.75, 3.05) is 18.0 Å². The van der Waals surface area contributed by atoms with Crippen molar-refractivity contribution in [2.45, 2.75) is 18.8 Å². The minimum atomic E-state index is -0.363. The van der Waals surface area contributed by atoms with E-state index in [1.54, 1.807) is 12.1 Å². The zero-order chi connectivity index (χ0) is 18.4. The minimum Gasteiger partial charge on any atom is -0.348 e. The molecule has 0 aliphatic carbocycles. The molecule has 2 aromatic heterocycles. The Hall–Kier alpha value is -3.00. The number of para-hydroxylation sites is 2. The van der Waals surface area contributed by atoms with Crippen LogP contribution in [0.25, 0.3) is 21.3 Å². The van der Waals surface area contributed by atoms with Gasteiger partial charge >= 0.3 is 0 Å². The molecular formula is C19H17N5O2S. The van der Waals surface area contributed by atoms with Gasteiger partial charge in [-0.05, 0) is 31.0 Å². The highest BCUT2D eigenvalue weighted by molar-refractivity contribution is 7.22. The van der Waals surface area contributed by atoms with Gasteiger partial charge in [0.25, 0.3) is 5.69 Å². The Kier molecular flexibility index (Phi) is 3.78. The first-order valence-electron chi connectivity index (χ1n) is 8.92. The van der Waals surface area contributed by atoms with E-state index in [9.17, 15) is 10.1 Å². The van der Waals surface area contributed by atoms with Gasteiger partial charge in [-0.15, -0.1) is 0 Å². The zero-order valence-corrected chi connectivity index (χ0v) is 15.3. The standard InChI is InChI=1S/C19H17N5O2S/c25-24(26)13-5-6-16-17(11-13)27-19(22-16)23-9-7-12(8-10-23)18-20-14-3-1-2-4-15(14)21-18/h1-6,11-12H,7-10H2,(H,20,21). The van der Waals surface area contributed by atoms with Gasteiger partial charge in [-0.3, -0.25) is 10.1 Å². The fourth-order valence-corrected chi connectivity index (χ4v) is 4.71. The van der Waals surface area contributed by atoms with Crippen LogP contribution >= 0.6 is 11.3 Å². The summed E-state index contributed by atoms with van der Waals surface area (Å²) in [5.74, 6) is 1.49. The molecule has 0 bridgehead atoms. The molecule has 1 saturated heterocycles. The second-order valence-electron chi connectivity index (χ2n) is 6.81. The number of aromatic amines is 1. The van der Waals surface area contributed by atoms with Crippen molar-refractivity contribution in [1.82, 2.24) is 15.0 Å². The number of non-ortho nitro benzene ring substituents is 1. The summed E-state index contributed by atoms with van der Waals surface area (Å²) in [6, 6.07) is 13.0. The van der Waals surface area contributed by atoms with Gasteiger partial charge < -0.3 is 9.88 Å². The first-order chi connectivity index (χ1) is 13.2. The van der Waals surface area contributed by atoms with E-state index in [-0.39, 0.29) is 10.6 Å². The summed E-state index contributed by atoms with van der Waals surface area (Å²) >= 11 is 1.52. The van der Waals surface area contributed by atoms with Crippen LogP contribution < -0.4 is 4.90 Å². The fraction of sp³-hybridized carbons (Fsp3) is 0.263. The van der Waals surface area contributed by atoms with Crippen LogP contribution in [0.2, 0.25) is 0 Å². The van der Waals surface area contributed by atoms with Crippen LogP contribution in [0, 0.1) is 10.1 Å². The molecule has 0 unspecified atom stereocenters. The summed E-state index contributed by atoms with van der Waals surface area (Å²) in [4.78, 5) is 25.7. The van der Waals surface area contributed by atoms with Gasteiger partial charge in [0.15, 0.2) is 5.13 Å². The zero-order valence-electron chi connectivity index (χ0n) is 14.5. The van der Waals surface area contributed by atoms with Crippen molar-refractivity contribution < 1.29 is 4.92 Å². The molecule has 0 amide bonds. The number of H-pyrrole nitrogens is 1. The molecule has 1 fully saturated rings. The Labute approximate surface area is 158 Å². The summed E-state index contributed by atoms with van der Waals surface area (Å²) < 4.78 is 0.860. The lowest BCUT2D eigenvalue weighted by molar-refractivity contribution is -0.384. The summed E-state index contributed by atoms with van der Waals surface area (Å²) in [5, 5.41) is 11.9. The van der Waals surface area contributed by atoms with E-state index in [4.69, 9.17) is 4.98 Å². The maximum absolute atomic E-state index is 11.0. The van der Waals surface area contributed by atoms with Crippen LogP contribution in [0.15, 0.2) is 42.5 Å². The van der Waals surface area contributed by atoms with E-state index in [0.29, 0.717) is 5.92 Å². The number of fused-ring (bicyclic) bond motifs is 2. The van der Waals surface area contributed by atoms with Gasteiger partial charge in [0.1, 0.15) is 5.82 Å². The molecule has 3 heterocycles. The number of nitrogens with zero attached hydrogens (tertiary/aromatic N) is 4. The Morgan fingerprint density at radius 1 is 1.11 bits per heavy atom. The predicted octanol–water partition coefficient (Wildman–Crippen LogP) is 4.46. The number of hydrogen-bond acceptors (Lipinski definition) is 6. The predicted molar refractivity (Wildman–Crippen MR) is 107 cm³/mol. The molecule has 7 nitrogen and oxygen atoms in total. The monoisotopic (exact) mass is 379 g/mol. The van der Waals surface area contributed by atoms with E-state index in [1.807, 2.05) is 18.2 Å². The highest BCUT2D eigenvalue weighted by Gasteiger charge is 2.25. The molecule has 0 atom stereocenters. The van der Waals surface area contributed by atoms with Gasteiger partial charge in [0.05, 0.1) is 26.2 Å². The maximum Gasteiger partial charge on any atom is 0.270 e. The molecule has 0 radical (unpaired) electrons. The third kappa shape index (κ3) is 2.91. The average Bonchev–Trinajstić information content (AvgIpc) is 3.31. The number of piperidine rings is 1. The number of hydrogen-bond donors (Lipinski definition) is 1. The summed E-state index contributed by atoms with van der Waals surface area (Å²) in [7, 11) is 0. The van der Waals surface area contributed by atoms with Crippen molar-refractivity contribution in [3.8, 4) is 0 Å². The van der Waals surface area contributed by atoms with Gasteiger partial charge in [0.2, 0.25) is 0 Å². The van der Waals surface area contributed by atoms with Crippen molar-refractivity contribution in [1.29, 1.82) is 0 Å². The molecule has 4 aromatic rings. The third-order valence-corrected chi connectivity index (χ3v) is 6.21. The highest BCUT2D eigenvalue weighted by atomic mass is 32.1. The second kappa shape index (κ2) is 6.31. The van der Waals surface area contributed by atoms with Crippen molar-refractivity contribution in [2.24, 2.45) is 0 Å². The lowest BCUT2D eigenvalue weighted by Gasteiger charge is -2.30. The van der Waals surface area contributed by atoms with Crippen LogP contribution in [0.5, 0.6) is 0 Å². The van der Waals surface area contributed by atoms with Gasteiger partial charge in [0, 0.05) is 31.1 Å². The molecule has 2 aromatic carbocycles. The van der Waals surface area contributed by atoms with Crippen molar-refractivity contribution in [3.05, 3.63) is 58.4 Å². The number of nitro groups is 1. The number of nitrogens with one attached hydrogen (secondary N) is 1. The van der Waals surface area contributed by atoms with E-state index < -0.39 is 0 Å². The smallest absolute Gasteiger partial charge is 0.270 e. The van der Waals surface area contributed by atoms with Crippen LogP contribution in [-0.4, -0.2) is 33.0 Å². The van der Waals surface area contributed by atoms with Crippen molar-refractivity contribution >= 4 is 43.4 Å². The van der Waals surface area contributed by atoms with Crippen LogP contribution in [-0.2, 0) is 0 Å². The molecule has 1 aliphatic heterocycles. The van der Waals surface area contributed by atoms with E-state index in [2.05, 4.69) is 20.9 Å². The fourth-order valence-electron chi connectivity index (χ4n) is 3.66. The number of imidazole rings is 1. The minimum absolute atomic E-state index is 0.112. The molecule has 0 saturated carbocycles. The molecule has 27 heavy (non-hydrogen) atoms. The third-order valence-electron chi connectivity index (χ3n) is 5.13. The van der Waals surface area contributed by atoms with Gasteiger partial charge in [-0.2, -0.15) is 0 Å². The van der Waals surface area contributed by atoms with Crippen molar-refractivity contribution in [3.63, 3.8) is 0 Å². The SMILES string of the molecule is O=[N+]([O-])c1ccc2nc(N3CCC(c4nc5ccccc5[nH]4)CC3)sc2c1. The number of rotatable bonds is 3. The number of nitro benzene ring substituents is 1. The highest BCUT2D eigenvalue weighted by Crippen LogP contribution is 2.35. The average molecular weight is 379 g/mol. The van der Waals surface area contributed by atoms with E-state index in [1.165, 1.54) is 17.4 Å². The Balaban J connectivity index is 1.34. The summed E-state index contributed by atoms with van der Waals surface area (Å²) in [6.07, 6.45) is 2.02. The Morgan fingerprint density at radius 3 is 2.70 bits per heavy atom. The number of aromatic nitrogens is 3. The van der Waals surface area contributed by atoms with E-state index >= 15 is 0 Å². The topological polar surface area (TPSA) is 87.9 Å². The van der Waals surface area contributed by atoms with Crippen LogP contribution in [0.3, 0.4) is 0 Å². The first-order valence-corrected chi connectivity index (χ1v) is 9.73. The number of thiazole rings is 1. The quantitative estimate of drug-likeness (QED) is 0.419. The molecular weight excluding hydrogens is 362 g/mol. The largest absolute Gasteiger partial charge is 0.348 e. The van der Waals surface area contributed by atoms with Crippen LogP contribution in [0.4, 0.5) is 10.8 Å². The molecule has 0 spiro atoms.